The number of hydrogen-bond donors (Lipinski definition) is 7. The van der Waals surface area contributed by atoms with E-state index in [0.29, 0.717) is 22.7 Å². The van der Waals surface area contributed by atoms with Crippen molar-refractivity contribution in [1.82, 2.24) is 10.3 Å². The molecule has 1 aromatic heterocycles. The molecule has 0 unspecified atom stereocenters. The van der Waals surface area contributed by atoms with Gasteiger partial charge < -0.3 is 45.4 Å². The van der Waals surface area contributed by atoms with Crippen LogP contribution < -0.4 is 5.32 Å². The van der Waals surface area contributed by atoms with Gasteiger partial charge in [-0.1, -0.05) is 39.2 Å². The van der Waals surface area contributed by atoms with Crippen LogP contribution in [-0.2, 0) is 25.6 Å². The van der Waals surface area contributed by atoms with Crippen LogP contribution in [0.4, 0.5) is 0 Å². The maximum absolute atomic E-state index is 13.3. The summed E-state index contributed by atoms with van der Waals surface area (Å²) in [6.45, 7) is 8.20. The number of ketones is 1. The SMILES string of the molecule is C/C(=C\c1csc(CNC[C@@H](O)[C@@H](O)[C@H](O)[C@H](O)CN=[N+]=[N-])n1)[C@@H]1C[C@@H]2O[C@@H]2CCC[C@H](C)[C@H](O)[C@@H](C)C(=O)C(C)(C)[C@@H](O)CC(=O)O1. The number of thiazole rings is 1. The number of carbonyl (C=O) groups excluding carboxylic acids is 2. The summed E-state index contributed by atoms with van der Waals surface area (Å²) in [7, 11) is 0. The number of rotatable bonds is 11. The van der Waals surface area contributed by atoms with E-state index < -0.39 is 73.0 Å². The van der Waals surface area contributed by atoms with Gasteiger partial charge in [0, 0.05) is 35.7 Å². The highest BCUT2D eigenvalue weighted by atomic mass is 32.1. The van der Waals surface area contributed by atoms with Gasteiger partial charge in [-0.2, -0.15) is 0 Å². The molecule has 2 aliphatic heterocycles. The Kier molecular flexibility index (Phi) is 14.9. The van der Waals surface area contributed by atoms with E-state index in [9.17, 15) is 40.2 Å². The smallest absolute Gasteiger partial charge is 0.309 e. The van der Waals surface area contributed by atoms with Crippen LogP contribution in [0.15, 0.2) is 16.1 Å². The molecule has 2 fully saturated rings. The number of carbonyl (C=O) groups is 2. The van der Waals surface area contributed by atoms with E-state index in [1.807, 2.05) is 19.2 Å². The van der Waals surface area contributed by atoms with Crippen LogP contribution in [0.5, 0.6) is 0 Å². The lowest BCUT2D eigenvalue weighted by atomic mass is 9.73. The quantitative estimate of drug-likeness (QED) is 0.0573. The third kappa shape index (κ3) is 11.0. The molecule has 0 amide bonds. The Bertz CT molecular complexity index is 1300. The lowest BCUT2D eigenvalue weighted by Crippen LogP contribution is -2.48. The van der Waals surface area contributed by atoms with Crippen LogP contribution in [0, 0.1) is 17.3 Å². The van der Waals surface area contributed by atoms with Gasteiger partial charge in [-0.15, -0.1) is 11.3 Å². The summed E-state index contributed by atoms with van der Waals surface area (Å²) in [5.41, 5.74) is 8.37. The standard InChI is InChI=1S/C32H51N5O10S/c1-16-7-6-8-22-24(46-22)10-23(47-27(41)11-25(40)32(4,5)31(45)18(3)28(16)42)17(2)9-19-15-48-26(36-19)14-34-12-20(38)29(43)30(44)21(39)13-35-37-33/h9,15-16,18,20-25,28-30,34,38-40,42-44H,6-8,10-14H2,1-5H3/b17-9+/t16-,18+,20+,21+,22+,23-,24-,25-,28-,29+,30+/m0/s1. The van der Waals surface area contributed by atoms with E-state index in [0.717, 1.165) is 19.3 Å². The number of nitrogens with zero attached hydrogens (tertiary/aromatic N) is 4. The fourth-order valence-electron chi connectivity index (χ4n) is 5.94. The van der Waals surface area contributed by atoms with Crippen LogP contribution in [0.2, 0.25) is 0 Å². The van der Waals surface area contributed by atoms with Crippen molar-refractivity contribution in [2.45, 2.75) is 128 Å². The van der Waals surface area contributed by atoms with Crippen molar-refractivity contribution < 1.29 is 49.7 Å². The van der Waals surface area contributed by atoms with Gasteiger partial charge in [0.15, 0.2) is 0 Å². The first-order chi connectivity index (χ1) is 22.6. The molecule has 0 spiro atoms. The molecule has 0 aromatic carbocycles. The Balaban J connectivity index is 1.65. The second kappa shape index (κ2) is 17.9. The molecule has 15 nitrogen and oxygen atoms in total. The van der Waals surface area contributed by atoms with Crippen molar-refractivity contribution in [2.75, 3.05) is 13.1 Å². The molecule has 0 bridgehead atoms. The number of ether oxygens (including phenoxy) is 2. The lowest BCUT2D eigenvalue weighted by Gasteiger charge is -2.34. The average Bonchev–Trinajstić information content (AvgIpc) is 3.63. The first kappa shape index (κ1) is 39.9. The molecule has 2 aliphatic rings. The van der Waals surface area contributed by atoms with Crippen LogP contribution >= 0.6 is 11.3 Å². The number of Topliss-reactive ketones (excluding diaryl/α,β-unsaturated/α-hetero) is 1. The molecule has 11 atom stereocenters. The zero-order chi connectivity index (χ0) is 35.8. The summed E-state index contributed by atoms with van der Waals surface area (Å²) in [4.78, 5) is 33.5. The number of nitrogens with one attached hydrogen (secondary N) is 1. The highest BCUT2D eigenvalue weighted by Gasteiger charge is 2.44. The van der Waals surface area contributed by atoms with Gasteiger partial charge in [0.2, 0.25) is 0 Å². The second-order valence-electron chi connectivity index (χ2n) is 13.6. The lowest BCUT2D eigenvalue weighted by molar-refractivity contribution is -0.154. The predicted octanol–water partition coefficient (Wildman–Crippen LogP) is 1.62. The first-order valence-electron chi connectivity index (χ1n) is 16.4. The van der Waals surface area contributed by atoms with Crippen molar-refractivity contribution in [3.63, 3.8) is 0 Å². The maximum atomic E-state index is 13.3. The molecule has 3 rings (SSSR count). The zero-order valence-electron chi connectivity index (χ0n) is 28.2. The summed E-state index contributed by atoms with van der Waals surface area (Å²) >= 11 is 1.34. The average molecular weight is 698 g/mol. The number of cyclic esters (lactones) is 1. The number of aliphatic hydroxyl groups is 6. The highest BCUT2D eigenvalue weighted by Crippen LogP contribution is 2.36. The molecule has 0 aliphatic carbocycles. The normalized spacial score (nSPS) is 31.5. The van der Waals surface area contributed by atoms with E-state index in [1.54, 1.807) is 26.8 Å². The van der Waals surface area contributed by atoms with E-state index in [4.69, 9.17) is 15.0 Å². The molecule has 1 aromatic rings. The molecule has 16 heteroatoms. The largest absolute Gasteiger partial charge is 0.458 e. The van der Waals surface area contributed by atoms with Gasteiger partial charge in [-0.05, 0) is 42.9 Å². The summed E-state index contributed by atoms with van der Waals surface area (Å²) in [6, 6.07) is 0. The van der Waals surface area contributed by atoms with Crippen molar-refractivity contribution >= 4 is 29.2 Å². The Morgan fingerprint density at radius 2 is 1.85 bits per heavy atom. The summed E-state index contributed by atoms with van der Waals surface area (Å²) < 4.78 is 11.8. The second-order valence-corrected chi connectivity index (χ2v) is 14.6. The minimum atomic E-state index is -1.71. The minimum Gasteiger partial charge on any atom is -0.458 e. The van der Waals surface area contributed by atoms with Gasteiger partial charge in [0.25, 0.3) is 0 Å². The van der Waals surface area contributed by atoms with Gasteiger partial charge >= 0.3 is 5.97 Å². The van der Waals surface area contributed by atoms with Crippen LogP contribution in [0.1, 0.15) is 77.4 Å². The minimum absolute atomic E-state index is 0.000998. The van der Waals surface area contributed by atoms with Gasteiger partial charge in [-0.25, -0.2) is 4.98 Å². The number of aromatic nitrogens is 1. The molecule has 2 saturated heterocycles. The van der Waals surface area contributed by atoms with E-state index in [-0.39, 0.29) is 37.0 Å². The predicted molar refractivity (Wildman–Crippen MR) is 176 cm³/mol. The fourth-order valence-corrected chi connectivity index (χ4v) is 6.66. The van der Waals surface area contributed by atoms with E-state index in [1.165, 1.54) is 11.3 Å². The summed E-state index contributed by atoms with van der Waals surface area (Å²) in [5.74, 6) is -1.81. The zero-order valence-corrected chi connectivity index (χ0v) is 29.0. The van der Waals surface area contributed by atoms with Gasteiger partial charge in [-0.3, -0.25) is 9.59 Å². The monoisotopic (exact) mass is 697 g/mol. The number of epoxide rings is 1. The van der Waals surface area contributed by atoms with Crippen molar-refractivity contribution in [2.24, 2.45) is 22.4 Å². The number of azide groups is 1. The van der Waals surface area contributed by atoms with Gasteiger partial charge in [0.1, 0.15) is 29.1 Å². The summed E-state index contributed by atoms with van der Waals surface area (Å²) in [5, 5.41) is 70.4. The fraction of sp³-hybridized carbons (Fsp3) is 0.781. The number of fused-ring (bicyclic) bond motifs is 1. The van der Waals surface area contributed by atoms with E-state index >= 15 is 0 Å². The van der Waals surface area contributed by atoms with Crippen molar-refractivity contribution in [3.05, 3.63) is 32.1 Å². The van der Waals surface area contributed by atoms with E-state index in [2.05, 4.69) is 20.3 Å². The Labute approximate surface area is 284 Å². The number of aliphatic hydroxyl groups excluding tert-OH is 6. The molecular weight excluding hydrogens is 646 g/mol. The molecule has 270 valence electrons. The Morgan fingerprint density at radius 3 is 2.54 bits per heavy atom. The van der Waals surface area contributed by atoms with Gasteiger partial charge in [0.05, 0.1) is 60.7 Å². The molecule has 0 radical (unpaired) electrons. The molecule has 3 heterocycles. The molecule has 0 saturated carbocycles. The summed E-state index contributed by atoms with van der Waals surface area (Å²) in [6.07, 6.45) is -5.20. The Morgan fingerprint density at radius 1 is 1.17 bits per heavy atom. The molecule has 7 N–H and O–H groups in total. The molecular formula is C32H51N5O10S. The van der Waals surface area contributed by atoms with Crippen molar-refractivity contribution in [3.8, 4) is 0 Å². The number of hydrogen-bond acceptors (Lipinski definition) is 14. The van der Waals surface area contributed by atoms with Crippen LogP contribution in [0.25, 0.3) is 16.5 Å². The third-order valence-corrected chi connectivity index (χ3v) is 10.3. The van der Waals surface area contributed by atoms with Crippen LogP contribution in [0.3, 0.4) is 0 Å². The molecule has 48 heavy (non-hydrogen) atoms. The third-order valence-electron chi connectivity index (χ3n) is 9.45. The highest BCUT2D eigenvalue weighted by molar-refractivity contribution is 7.09. The maximum Gasteiger partial charge on any atom is 0.309 e. The topological polar surface area (TPSA) is 251 Å². The van der Waals surface area contributed by atoms with Crippen molar-refractivity contribution in [1.29, 1.82) is 0 Å². The Hall–Kier alpha value is -2.50. The first-order valence-corrected chi connectivity index (χ1v) is 17.3. The number of esters is 1. The van der Waals surface area contributed by atoms with Crippen LogP contribution in [-0.4, -0.2) is 115 Å².